The summed E-state index contributed by atoms with van der Waals surface area (Å²) in [4.78, 5) is 0. The van der Waals surface area contributed by atoms with Crippen LogP contribution in [-0.2, 0) is 21.3 Å². The highest BCUT2D eigenvalue weighted by Crippen LogP contribution is 2.27. The van der Waals surface area contributed by atoms with Gasteiger partial charge in [0.1, 0.15) is 6.07 Å². The Balaban J connectivity index is 2.20. The van der Waals surface area contributed by atoms with Gasteiger partial charge < -0.3 is 0 Å². The van der Waals surface area contributed by atoms with Crippen LogP contribution in [0.1, 0.15) is 16.8 Å². The lowest BCUT2D eigenvalue weighted by Gasteiger charge is -2.06. The average Bonchev–Trinajstić information content (AvgIpc) is 2.84. The zero-order valence-electron chi connectivity index (χ0n) is 9.37. The van der Waals surface area contributed by atoms with E-state index in [9.17, 15) is 8.42 Å². The Bertz CT molecular complexity index is 769. The van der Waals surface area contributed by atoms with Crippen LogP contribution in [0.5, 0.6) is 0 Å². The van der Waals surface area contributed by atoms with Crippen LogP contribution in [0.15, 0.2) is 30.5 Å². The van der Waals surface area contributed by atoms with Gasteiger partial charge in [-0.2, -0.15) is 10.4 Å². The summed E-state index contributed by atoms with van der Waals surface area (Å²) in [6.45, 7) is 0. The Morgan fingerprint density at radius 1 is 1.28 bits per heavy atom. The summed E-state index contributed by atoms with van der Waals surface area (Å²) in [6.07, 6.45) is 1.56. The first kappa shape index (κ1) is 11.0. The lowest BCUT2D eigenvalue weighted by Crippen LogP contribution is -2.06. The minimum absolute atomic E-state index is 0.0118. The number of benzene rings is 1. The average molecular weight is 259 g/mol. The number of hydrogen-bond donors (Lipinski definition) is 0. The highest BCUT2D eigenvalue weighted by Gasteiger charge is 2.29. The van der Waals surface area contributed by atoms with Crippen molar-refractivity contribution in [3.05, 3.63) is 47.3 Å². The predicted octanol–water partition coefficient (Wildman–Crippen LogP) is 1.17. The van der Waals surface area contributed by atoms with Gasteiger partial charge in [0.25, 0.3) is 0 Å². The van der Waals surface area contributed by atoms with Crippen molar-refractivity contribution in [3.63, 3.8) is 0 Å². The van der Waals surface area contributed by atoms with Crippen molar-refractivity contribution in [2.24, 2.45) is 0 Å². The molecule has 0 spiro atoms. The molecular weight excluding hydrogens is 250 g/mol. The van der Waals surface area contributed by atoms with Gasteiger partial charge >= 0.3 is 0 Å². The summed E-state index contributed by atoms with van der Waals surface area (Å²) in [5, 5.41) is 13.2. The highest BCUT2D eigenvalue weighted by atomic mass is 32.2. The van der Waals surface area contributed by atoms with E-state index in [0.717, 1.165) is 5.56 Å². The monoisotopic (exact) mass is 259 g/mol. The minimum Gasteiger partial charge on any atom is -0.235 e. The lowest BCUT2D eigenvalue weighted by molar-refractivity contribution is 0.596. The van der Waals surface area contributed by atoms with Gasteiger partial charge in [0.15, 0.2) is 9.84 Å². The van der Waals surface area contributed by atoms with Gasteiger partial charge in [0.05, 0.1) is 34.6 Å². The van der Waals surface area contributed by atoms with E-state index < -0.39 is 9.84 Å². The van der Waals surface area contributed by atoms with Gasteiger partial charge in [0.2, 0.25) is 0 Å². The first-order chi connectivity index (χ1) is 8.61. The van der Waals surface area contributed by atoms with Crippen LogP contribution in [0.4, 0.5) is 0 Å². The van der Waals surface area contributed by atoms with Crippen LogP contribution in [0.3, 0.4) is 0 Å². The molecule has 0 atom stereocenters. The first-order valence-electron chi connectivity index (χ1n) is 5.36. The third-order valence-corrected chi connectivity index (χ3v) is 4.40. The summed E-state index contributed by atoms with van der Waals surface area (Å²) < 4.78 is 24.7. The molecule has 0 saturated carbocycles. The zero-order valence-corrected chi connectivity index (χ0v) is 10.2. The molecule has 0 unspecified atom stereocenters. The summed E-state index contributed by atoms with van der Waals surface area (Å²) in [5.41, 5.74) is 2.49. The molecule has 0 bridgehead atoms. The van der Waals surface area contributed by atoms with Gasteiger partial charge in [-0.1, -0.05) is 12.1 Å². The molecule has 1 aliphatic rings. The van der Waals surface area contributed by atoms with E-state index >= 15 is 0 Å². The maximum Gasteiger partial charge on any atom is 0.160 e. The van der Waals surface area contributed by atoms with E-state index in [1.807, 2.05) is 0 Å². The minimum atomic E-state index is -3.06. The second kappa shape index (κ2) is 3.68. The number of nitrogens with zero attached hydrogens (tertiary/aromatic N) is 3. The van der Waals surface area contributed by atoms with Crippen molar-refractivity contribution in [2.45, 2.75) is 11.5 Å². The molecule has 0 N–H and O–H groups in total. The molecule has 0 fully saturated rings. The van der Waals surface area contributed by atoms with Crippen molar-refractivity contribution in [1.29, 1.82) is 5.26 Å². The molecule has 90 valence electrons. The van der Waals surface area contributed by atoms with Gasteiger partial charge in [-0.25, -0.2) is 13.1 Å². The molecule has 6 heteroatoms. The molecule has 0 radical (unpaired) electrons. The van der Waals surface area contributed by atoms with Crippen LogP contribution in [0.25, 0.3) is 5.69 Å². The van der Waals surface area contributed by atoms with Gasteiger partial charge in [0, 0.05) is 5.56 Å². The van der Waals surface area contributed by atoms with Crippen molar-refractivity contribution in [3.8, 4) is 11.8 Å². The van der Waals surface area contributed by atoms with Gasteiger partial charge in [-0.3, -0.25) is 0 Å². The Kier molecular flexibility index (Phi) is 2.25. The third kappa shape index (κ3) is 1.60. The standard InChI is InChI=1S/C12H9N3O2S/c13-5-9-3-1-2-4-11(9)15-12-8-18(16,17)7-10(12)6-14-15/h1-4,6H,7-8H2. The smallest absolute Gasteiger partial charge is 0.160 e. The normalized spacial score (nSPS) is 16.2. The molecule has 18 heavy (non-hydrogen) atoms. The number of hydrogen-bond acceptors (Lipinski definition) is 4. The van der Waals surface area contributed by atoms with Gasteiger partial charge in [-0.15, -0.1) is 0 Å². The highest BCUT2D eigenvalue weighted by molar-refractivity contribution is 7.90. The number of sulfone groups is 1. The second-order valence-electron chi connectivity index (χ2n) is 4.19. The summed E-state index contributed by atoms with van der Waals surface area (Å²) in [7, 11) is -3.06. The number of para-hydroxylation sites is 1. The molecule has 2 aromatic rings. The largest absolute Gasteiger partial charge is 0.235 e. The van der Waals surface area contributed by atoms with Crippen LogP contribution in [0, 0.1) is 11.3 Å². The molecule has 0 amide bonds. The summed E-state index contributed by atoms with van der Waals surface area (Å²) in [5.74, 6) is 0.0269. The van der Waals surface area contributed by atoms with E-state index in [1.54, 1.807) is 35.1 Å². The van der Waals surface area contributed by atoms with Crippen molar-refractivity contribution < 1.29 is 8.42 Å². The maximum absolute atomic E-state index is 11.6. The lowest BCUT2D eigenvalue weighted by atomic mass is 10.2. The Morgan fingerprint density at radius 2 is 2.06 bits per heavy atom. The number of nitriles is 1. The molecule has 5 nitrogen and oxygen atoms in total. The van der Waals surface area contributed by atoms with Crippen LogP contribution in [0.2, 0.25) is 0 Å². The van der Waals surface area contributed by atoms with E-state index in [-0.39, 0.29) is 11.5 Å². The third-order valence-electron chi connectivity index (χ3n) is 2.94. The summed E-state index contributed by atoms with van der Waals surface area (Å²) in [6, 6.07) is 9.10. The van der Waals surface area contributed by atoms with E-state index in [1.165, 1.54) is 0 Å². The molecule has 0 saturated heterocycles. The zero-order chi connectivity index (χ0) is 12.8. The quantitative estimate of drug-likeness (QED) is 0.770. The van der Waals surface area contributed by atoms with Crippen LogP contribution in [-0.4, -0.2) is 18.2 Å². The van der Waals surface area contributed by atoms with E-state index in [2.05, 4.69) is 11.2 Å². The van der Waals surface area contributed by atoms with Crippen molar-refractivity contribution >= 4 is 9.84 Å². The molecule has 1 aromatic heterocycles. The molecule has 0 aliphatic carbocycles. The van der Waals surface area contributed by atoms with E-state index in [0.29, 0.717) is 16.9 Å². The first-order valence-corrected chi connectivity index (χ1v) is 7.18. The molecular formula is C12H9N3O2S. The molecule has 1 aliphatic heterocycles. The number of rotatable bonds is 1. The second-order valence-corrected chi connectivity index (χ2v) is 6.25. The molecule has 2 heterocycles. The van der Waals surface area contributed by atoms with Gasteiger partial charge in [-0.05, 0) is 12.1 Å². The van der Waals surface area contributed by atoms with Crippen molar-refractivity contribution in [1.82, 2.24) is 9.78 Å². The fraction of sp³-hybridized carbons (Fsp3) is 0.167. The fourth-order valence-corrected chi connectivity index (χ4v) is 3.68. The number of aromatic nitrogens is 2. The summed E-state index contributed by atoms with van der Waals surface area (Å²) >= 11 is 0. The molecule has 1 aromatic carbocycles. The van der Waals surface area contributed by atoms with Crippen LogP contribution < -0.4 is 0 Å². The topological polar surface area (TPSA) is 75.8 Å². The van der Waals surface area contributed by atoms with Crippen LogP contribution >= 0.6 is 0 Å². The predicted molar refractivity (Wildman–Crippen MR) is 64.6 cm³/mol. The fourth-order valence-electron chi connectivity index (χ4n) is 2.14. The Hall–Kier alpha value is -2.13. The SMILES string of the molecule is N#Cc1ccccc1-n1ncc2c1CS(=O)(=O)C2. The molecule has 3 rings (SSSR count). The van der Waals surface area contributed by atoms with E-state index in [4.69, 9.17) is 5.26 Å². The van der Waals surface area contributed by atoms with Crippen molar-refractivity contribution in [2.75, 3.05) is 0 Å². The maximum atomic E-state index is 11.6. The Morgan fingerprint density at radius 3 is 2.83 bits per heavy atom. The Labute approximate surface area is 104 Å². The number of fused-ring (bicyclic) bond motifs is 1.